The van der Waals surface area contributed by atoms with Crippen molar-refractivity contribution in [2.45, 2.75) is 50.0 Å². The summed E-state index contributed by atoms with van der Waals surface area (Å²) >= 11 is 0. The van der Waals surface area contributed by atoms with Crippen LogP contribution in [0.25, 0.3) is 27.6 Å². The fourth-order valence-electron chi connectivity index (χ4n) is 6.88. The number of benzene rings is 2. The van der Waals surface area contributed by atoms with Gasteiger partial charge in [-0.1, -0.05) is 31.4 Å². The zero-order valence-corrected chi connectivity index (χ0v) is 26.0. The Morgan fingerprint density at radius 1 is 0.978 bits per heavy atom. The van der Waals surface area contributed by atoms with Crippen LogP contribution < -0.4 is 16.0 Å². The van der Waals surface area contributed by atoms with E-state index in [0.717, 1.165) is 40.6 Å². The minimum atomic E-state index is -1.24. The average Bonchev–Trinajstić information content (AvgIpc) is 3.81. The smallest absolute Gasteiger partial charge is 0.267 e. The van der Waals surface area contributed by atoms with E-state index in [9.17, 15) is 14.4 Å². The first-order valence-corrected chi connectivity index (χ1v) is 15.8. The molecule has 46 heavy (non-hydrogen) atoms. The average molecular weight is 620 g/mol. The summed E-state index contributed by atoms with van der Waals surface area (Å²) in [6.45, 7) is 0.403. The predicted molar refractivity (Wildman–Crippen MR) is 175 cm³/mol. The van der Waals surface area contributed by atoms with Crippen LogP contribution >= 0.6 is 0 Å². The van der Waals surface area contributed by atoms with Crippen molar-refractivity contribution in [3.05, 3.63) is 83.8 Å². The van der Waals surface area contributed by atoms with Crippen molar-refractivity contribution in [3.8, 4) is 5.82 Å². The summed E-state index contributed by atoms with van der Waals surface area (Å²) in [6, 6.07) is 18.6. The number of amides is 3. The van der Waals surface area contributed by atoms with Crippen molar-refractivity contribution in [2.75, 3.05) is 25.6 Å². The Morgan fingerprint density at radius 3 is 2.57 bits per heavy atom. The first kappa shape index (κ1) is 29.7. The summed E-state index contributed by atoms with van der Waals surface area (Å²) in [5.74, 6) is 0.195. The molecule has 2 aliphatic rings. The molecular formula is C35H37N7O4. The zero-order chi connectivity index (χ0) is 31.8. The number of hydrogen-bond donors (Lipinski definition) is 3. The molecule has 3 N–H and O–H groups in total. The molecule has 2 aromatic carbocycles. The highest BCUT2D eigenvalue weighted by atomic mass is 16.5. The monoisotopic (exact) mass is 619 g/mol. The Hall–Kier alpha value is -5.03. The van der Waals surface area contributed by atoms with Gasteiger partial charge in [0.1, 0.15) is 11.2 Å². The second-order valence-electron chi connectivity index (χ2n) is 12.3. The quantitative estimate of drug-likeness (QED) is 0.239. The topological polar surface area (TPSA) is 132 Å². The van der Waals surface area contributed by atoms with Gasteiger partial charge in [0.25, 0.3) is 17.7 Å². The van der Waals surface area contributed by atoms with Gasteiger partial charge in [-0.05, 0) is 61.4 Å². The third-order valence-corrected chi connectivity index (χ3v) is 9.40. The number of anilines is 1. The lowest BCUT2D eigenvalue weighted by atomic mass is 9.85. The lowest BCUT2D eigenvalue weighted by molar-refractivity contribution is -0.122. The number of hydrogen-bond acceptors (Lipinski definition) is 6. The van der Waals surface area contributed by atoms with Crippen LogP contribution in [0.4, 0.5) is 5.69 Å². The molecular weight excluding hydrogens is 582 g/mol. The maximum absolute atomic E-state index is 13.8. The first-order chi connectivity index (χ1) is 22.4. The number of aryl methyl sites for hydroxylation is 1. The SMILES string of the molecule is CNC(=O)c1cc2cc(NC(=O)[C@@]3(NC(=O)c4ccc5c(C6CCCCC6)n(-c6ccccn6)nc5c4)CCOC3)ccc2n1C. The van der Waals surface area contributed by atoms with Gasteiger partial charge >= 0.3 is 0 Å². The van der Waals surface area contributed by atoms with E-state index in [1.807, 2.05) is 54.2 Å². The molecule has 5 aromatic rings. The maximum atomic E-state index is 13.8. The van der Waals surface area contributed by atoms with Gasteiger partial charge in [-0.15, -0.1) is 0 Å². The Balaban J connectivity index is 1.15. The summed E-state index contributed by atoms with van der Waals surface area (Å²) in [5.41, 5.74) is 2.96. The van der Waals surface area contributed by atoms with Gasteiger partial charge in [0, 0.05) is 66.8 Å². The fourth-order valence-corrected chi connectivity index (χ4v) is 6.88. The minimum absolute atomic E-state index is 0.0569. The minimum Gasteiger partial charge on any atom is -0.378 e. The van der Waals surface area contributed by atoms with Crippen LogP contribution in [-0.4, -0.2) is 62.9 Å². The number of pyridine rings is 1. The van der Waals surface area contributed by atoms with E-state index in [1.165, 1.54) is 19.3 Å². The highest BCUT2D eigenvalue weighted by Gasteiger charge is 2.44. The zero-order valence-electron chi connectivity index (χ0n) is 26.0. The van der Waals surface area contributed by atoms with Crippen molar-refractivity contribution in [2.24, 2.45) is 7.05 Å². The van der Waals surface area contributed by atoms with Crippen LogP contribution in [-0.2, 0) is 16.6 Å². The van der Waals surface area contributed by atoms with E-state index >= 15 is 0 Å². The maximum Gasteiger partial charge on any atom is 0.267 e. The van der Waals surface area contributed by atoms with Crippen molar-refractivity contribution >= 4 is 45.2 Å². The van der Waals surface area contributed by atoms with Crippen LogP contribution in [0.1, 0.15) is 71.0 Å². The lowest BCUT2D eigenvalue weighted by Gasteiger charge is -2.27. The molecule has 0 radical (unpaired) electrons. The molecule has 1 saturated heterocycles. The molecule has 236 valence electrons. The molecule has 1 aliphatic heterocycles. The number of carbonyl (C=O) groups excluding carboxylic acids is 3. The number of nitrogens with one attached hydrogen (secondary N) is 3. The lowest BCUT2D eigenvalue weighted by Crippen LogP contribution is -2.57. The second kappa shape index (κ2) is 12.1. The molecule has 2 fully saturated rings. The van der Waals surface area contributed by atoms with Gasteiger partial charge < -0.3 is 25.3 Å². The Labute approximate surface area is 266 Å². The van der Waals surface area contributed by atoms with E-state index in [2.05, 4.69) is 20.9 Å². The molecule has 1 aliphatic carbocycles. The summed E-state index contributed by atoms with van der Waals surface area (Å²) < 4.78 is 9.38. The predicted octanol–water partition coefficient (Wildman–Crippen LogP) is 4.85. The van der Waals surface area contributed by atoms with Crippen LogP contribution in [0, 0.1) is 0 Å². The van der Waals surface area contributed by atoms with E-state index < -0.39 is 5.54 Å². The molecule has 11 heteroatoms. The third-order valence-electron chi connectivity index (χ3n) is 9.40. The summed E-state index contributed by atoms with van der Waals surface area (Å²) in [6.07, 6.45) is 7.90. The van der Waals surface area contributed by atoms with Gasteiger partial charge in [0.05, 0.1) is 17.8 Å². The molecule has 3 aromatic heterocycles. The Morgan fingerprint density at radius 2 is 1.83 bits per heavy atom. The highest BCUT2D eigenvalue weighted by Crippen LogP contribution is 2.38. The standard InChI is InChI=1S/C35H37N7O4/c1-36-33(44)29-20-24-18-25(12-14-28(24)41(29)2)38-34(45)35(15-17-46-21-35)39-32(43)23-11-13-26-27(19-23)40-42(30-10-6-7-16-37-30)31(26)22-8-4-3-5-9-22/h6-7,10-14,16,18-20,22H,3-5,8-9,15,17,21H2,1-2H3,(H,36,44)(H,38,45)(H,39,43)/t35-/m1/s1. The van der Waals surface area contributed by atoms with Crippen LogP contribution in [0.15, 0.2) is 66.9 Å². The molecule has 0 unspecified atom stereocenters. The van der Waals surface area contributed by atoms with Crippen molar-refractivity contribution in [1.29, 1.82) is 0 Å². The van der Waals surface area contributed by atoms with Crippen LogP contribution in [0.3, 0.4) is 0 Å². The van der Waals surface area contributed by atoms with Gasteiger partial charge in [-0.25, -0.2) is 9.67 Å². The Kier molecular flexibility index (Phi) is 7.77. The van der Waals surface area contributed by atoms with Crippen molar-refractivity contribution in [1.82, 2.24) is 30.0 Å². The van der Waals surface area contributed by atoms with Crippen molar-refractivity contribution < 1.29 is 19.1 Å². The summed E-state index contributed by atoms with van der Waals surface area (Å²) in [4.78, 5) is 44.3. The highest BCUT2D eigenvalue weighted by molar-refractivity contribution is 6.06. The molecule has 0 spiro atoms. The van der Waals surface area contributed by atoms with Gasteiger partial charge in [-0.2, -0.15) is 5.10 Å². The van der Waals surface area contributed by atoms with E-state index in [-0.39, 0.29) is 24.3 Å². The largest absolute Gasteiger partial charge is 0.378 e. The third kappa shape index (κ3) is 5.30. The number of ether oxygens (including phenoxy) is 1. The molecule has 0 bridgehead atoms. The number of aromatic nitrogens is 4. The second-order valence-corrected chi connectivity index (χ2v) is 12.3. The van der Waals surface area contributed by atoms with Crippen LogP contribution in [0.5, 0.6) is 0 Å². The molecule has 1 atom stereocenters. The molecule has 3 amide bonds. The number of nitrogens with zero attached hydrogens (tertiary/aromatic N) is 4. The van der Waals surface area contributed by atoms with Gasteiger partial charge in [-0.3, -0.25) is 14.4 Å². The summed E-state index contributed by atoms with van der Waals surface area (Å²) in [7, 11) is 3.41. The normalized spacial score (nSPS) is 18.6. The molecule has 11 nitrogen and oxygen atoms in total. The van der Waals surface area contributed by atoms with E-state index in [0.29, 0.717) is 41.4 Å². The molecule has 4 heterocycles. The summed E-state index contributed by atoms with van der Waals surface area (Å²) in [5, 5.41) is 15.4. The number of fused-ring (bicyclic) bond motifs is 2. The van der Waals surface area contributed by atoms with Crippen molar-refractivity contribution in [3.63, 3.8) is 0 Å². The van der Waals surface area contributed by atoms with Gasteiger partial charge in [0.15, 0.2) is 5.82 Å². The molecule has 7 rings (SSSR count). The number of carbonyl (C=O) groups is 3. The number of rotatable bonds is 7. The first-order valence-electron chi connectivity index (χ1n) is 15.8. The van der Waals surface area contributed by atoms with E-state index in [4.69, 9.17) is 9.84 Å². The Bertz CT molecular complexity index is 1950. The van der Waals surface area contributed by atoms with Crippen LogP contribution in [0.2, 0.25) is 0 Å². The van der Waals surface area contributed by atoms with E-state index in [1.54, 1.807) is 36.0 Å². The fraction of sp³-hybridized carbons (Fsp3) is 0.343. The van der Waals surface area contributed by atoms with Gasteiger partial charge in [0.2, 0.25) is 0 Å². The molecule has 1 saturated carbocycles.